The molecule has 1 N–H and O–H groups in total. The molecule has 30 heavy (non-hydrogen) atoms. The molecule has 6 heteroatoms. The molecule has 0 radical (unpaired) electrons. The molecule has 5 nitrogen and oxygen atoms in total. The Bertz CT molecular complexity index is 1080. The van der Waals surface area contributed by atoms with Gasteiger partial charge in [-0.3, -0.25) is 4.90 Å². The highest BCUT2D eigenvalue weighted by atomic mass is 32.2. The standard InChI is InChI=1S/C24H27NO4S/c26-22(17-29-23-10-2-1-3-11-23)16-25(21-13-14-30(27,28)18-21)15-20-9-6-8-19-7-4-5-12-24(19)20/h1-12,21-22,26H,13-18H2. The largest absolute Gasteiger partial charge is 0.491 e. The van der Waals surface area contributed by atoms with E-state index in [1.807, 2.05) is 48.5 Å². The minimum absolute atomic E-state index is 0.0969. The van der Waals surface area contributed by atoms with Gasteiger partial charge in [0.05, 0.1) is 11.5 Å². The van der Waals surface area contributed by atoms with E-state index in [9.17, 15) is 13.5 Å². The zero-order valence-corrected chi connectivity index (χ0v) is 17.7. The van der Waals surface area contributed by atoms with Crippen LogP contribution >= 0.6 is 0 Å². The Hall–Kier alpha value is -2.41. The highest BCUT2D eigenvalue weighted by Crippen LogP contribution is 2.24. The third kappa shape index (κ3) is 5.19. The van der Waals surface area contributed by atoms with Crippen molar-refractivity contribution in [2.45, 2.75) is 25.1 Å². The molecule has 158 valence electrons. The topological polar surface area (TPSA) is 66.8 Å². The lowest BCUT2D eigenvalue weighted by Gasteiger charge is -2.30. The van der Waals surface area contributed by atoms with Gasteiger partial charge in [-0.05, 0) is 34.9 Å². The molecule has 0 amide bonds. The van der Waals surface area contributed by atoms with Gasteiger partial charge in [-0.25, -0.2) is 8.42 Å². The summed E-state index contributed by atoms with van der Waals surface area (Å²) in [5, 5.41) is 13.0. The summed E-state index contributed by atoms with van der Waals surface area (Å²) >= 11 is 0. The first-order valence-electron chi connectivity index (χ1n) is 10.3. The van der Waals surface area contributed by atoms with Crippen molar-refractivity contribution in [3.63, 3.8) is 0 Å². The number of benzene rings is 3. The Morgan fingerprint density at radius 1 is 1.00 bits per heavy atom. The molecule has 0 bridgehead atoms. The monoisotopic (exact) mass is 425 g/mol. The van der Waals surface area contributed by atoms with Crippen LogP contribution in [0.4, 0.5) is 0 Å². The lowest BCUT2D eigenvalue weighted by molar-refractivity contribution is 0.0526. The van der Waals surface area contributed by atoms with Gasteiger partial charge in [-0.2, -0.15) is 0 Å². The summed E-state index contributed by atoms with van der Waals surface area (Å²) in [6.07, 6.45) is -0.122. The van der Waals surface area contributed by atoms with Crippen LogP contribution in [0.25, 0.3) is 10.8 Å². The van der Waals surface area contributed by atoms with E-state index in [0.717, 1.165) is 16.3 Å². The molecule has 1 fully saturated rings. The van der Waals surface area contributed by atoms with Gasteiger partial charge in [0.2, 0.25) is 0 Å². The van der Waals surface area contributed by atoms with Crippen LogP contribution in [-0.2, 0) is 16.4 Å². The van der Waals surface area contributed by atoms with Crippen molar-refractivity contribution in [1.29, 1.82) is 0 Å². The third-order valence-electron chi connectivity index (χ3n) is 5.61. The van der Waals surface area contributed by atoms with E-state index in [1.165, 1.54) is 0 Å². The van der Waals surface area contributed by atoms with Crippen LogP contribution in [0.1, 0.15) is 12.0 Å². The van der Waals surface area contributed by atoms with E-state index in [1.54, 1.807) is 0 Å². The van der Waals surface area contributed by atoms with Crippen LogP contribution in [0.5, 0.6) is 5.75 Å². The molecule has 4 rings (SSSR count). The van der Waals surface area contributed by atoms with Gasteiger partial charge in [0.15, 0.2) is 9.84 Å². The molecule has 3 aromatic rings. The minimum atomic E-state index is -3.02. The summed E-state index contributed by atoms with van der Waals surface area (Å²) in [5.74, 6) is 1.06. The highest BCUT2D eigenvalue weighted by molar-refractivity contribution is 7.91. The van der Waals surface area contributed by atoms with E-state index in [4.69, 9.17) is 4.74 Å². The fourth-order valence-corrected chi connectivity index (χ4v) is 5.85. The van der Waals surface area contributed by atoms with E-state index >= 15 is 0 Å². The third-order valence-corrected chi connectivity index (χ3v) is 7.36. The minimum Gasteiger partial charge on any atom is -0.491 e. The predicted octanol–water partition coefficient (Wildman–Crippen LogP) is 3.27. The first-order chi connectivity index (χ1) is 14.5. The van der Waals surface area contributed by atoms with Crippen LogP contribution in [0.15, 0.2) is 72.8 Å². The lowest BCUT2D eigenvalue weighted by atomic mass is 10.0. The van der Waals surface area contributed by atoms with Crippen molar-refractivity contribution in [2.75, 3.05) is 24.7 Å². The van der Waals surface area contributed by atoms with Crippen LogP contribution in [0.2, 0.25) is 0 Å². The summed E-state index contributed by atoms with van der Waals surface area (Å²) in [7, 11) is -3.02. The van der Waals surface area contributed by atoms with Gasteiger partial charge in [0, 0.05) is 19.1 Å². The molecule has 1 saturated heterocycles. The first kappa shape index (κ1) is 20.8. The summed E-state index contributed by atoms with van der Waals surface area (Å²) < 4.78 is 29.9. The number of ether oxygens (including phenoxy) is 1. The number of hydrogen-bond acceptors (Lipinski definition) is 5. The summed E-state index contributed by atoms with van der Waals surface area (Å²) in [4.78, 5) is 2.10. The smallest absolute Gasteiger partial charge is 0.151 e. The van der Waals surface area contributed by atoms with Crippen molar-refractivity contribution in [2.24, 2.45) is 0 Å². The van der Waals surface area contributed by atoms with Gasteiger partial charge >= 0.3 is 0 Å². The maximum Gasteiger partial charge on any atom is 0.151 e. The van der Waals surface area contributed by atoms with Crippen LogP contribution in [0.3, 0.4) is 0 Å². The van der Waals surface area contributed by atoms with Crippen molar-refractivity contribution in [1.82, 2.24) is 4.90 Å². The molecule has 2 unspecified atom stereocenters. The number of aliphatic hydroxyl groups is 1. The van der Waals surface area contributed by atoms with E-state index in [0.29, 0.717) is 25.3 Å². The Labute approximate surface area is 177 Å². The Balaban J connectivity index is 1.50. The van der Waals surface area contributed by atoms with Gasteiger partial charge in [-0.15, -0.1) is 0 Å². The average molecular weight is 426 g/mol. The van der Waals surface area contributed by atoms with Crippen molar-refractivity contribution < 1.29 is 18.3 Å². The van der Waals surface area contributed by atoms with Crippen molar-refractivity contribution in [3.05, 3.63) is 78.4 Å². The van der Waals surface area contributed by atoms with E-state index < -0.39 is 15.9 Å². The molecule has 0 aromatic heterocycles. The SMILES string of the molecule is O=S1(=O)CCC(N(Cc2cccc3ccccc23)CC(O)COc2ccccc2)C1. The number of nitrogens with zero attached hydrogens (tertiary/aromatic N) is 1. The number of sulfone groups is 1. The number of aliphatic hydroxyl groups excluding tert-OH is 1. The molecule has 0 spiro atoms. The van der Waals surface area contributed by atoms with Gasteiger partial charge in [-0.1, -0.05) is 60.7 Å². The van der Waals surface area contributed by atoms with Gasteiger partial charge in [0.1, 0.15) is 18.5 Å². The fourth-order valence-electron chi connectivity index (χ4n) is 4.09. The second-order valence-corrected chi connectivity index (χ2v) is 10.1. The van der Waals surface area contributed by atoms with E-state index in [2.05, 4.69) is 29.2 Å². The lowest BCUT2D eigenvalue weighted by Crippen LogP contribution is -2.42. The molecule has 2 atom stereocenters. The van der Waals surface area contributed by atoms with Crippen LogP contribution in [-0.4, -0.2) is 55.2 Å². The molecule has 1 heterocycles. The predicted molar refractivity (Wildman–Crippen MR) is 119 cm³/mol. The number of rotatable bonds is 8. The van der Waals surface area contributed by atoms with Crippen molar-refractivity contribution >= 4 is 20.6 Å². The molecule has 0 saturated carbocycles. The second kappa shape index (κ2) is 9.16. The van der Waals surface area contributed by atoms with Crippen molar-refractivity contribution in [3.8, 4) is 5.75 Å². The Kier molecular flexibility index (Phi) is 6.37. The molecular formula is C24H27NO4S. The molecule has 1 aliphatic heterocycles. The highest BCUT2D eigenvalue weighted by Gasteiger charge is 2.33. The zero-order chi connectivity index (χ0) is 21.0. The quantitative estimate of drug-likeness (QED) is 0.600. The molecule has 3 aromatic carbocycles. The normalized spacial score (nSPS) is 19.2. The molecular weight excluding hydrogens is 398 g/mol. The second-order valence-electron chi connectivity index (χ2n) is 7.90. The average Bonchev–Trinajstić information content (AvgIpc) is 3.12. The van der Waals surface area contributed by atoms with E-state index in [-0.39, 0.29) is 24.2 Å². The fraction of sp³-hybridized carbons (Fsp3) is 0.333. The maximum absolute atomic E-state index is 12.1. The maximum atomic E-state index is 12.1. The van der Waals surface area contributed by atoms with Crippen LogP contribution in [0, 0.1) is 0 Å². The number of fused-ring (bicyclic) bond motifs is 1. The van der Waals surface area contributed by atoms with Crippen LogP contribution < -0.4 is 4.74 Å². The first-order valence-corrected chi connectivity index (χ1v) is 12.1. The number of para-hydroxylation sites is 1. The summed E-state index contributed by atoms with van der Waals surface area (Å²) in [5.41, 5.74) is 1.13. The summed E-state index contributed by atoms with van der Waals surface area (Å²) in [6, 6.07) is 23.7. The number of hydrogen-bond donors (Lipinski definition) is 1. The Morgan fingerprint density at radius 2 is 1.73 bits per heavy atom. The van der Waals surface area contributed by atoms with Gasteiger partial charge in [0.25, 0.3) is 0 Å². The molecule has 1 aliphatic rings. The zero-order valence-electron chi connectivity index (χ0n) is 16.9. The summed E-state index contributed by atoms with van der Waals surface area (Å²) in [6.45, 7) is 1.11. The van der Waals surface area contributed by atoms with Gasteiger partial charge < -0.3 is 9.84 Å². The Morgan fingerprint density at radius 3 is 2.50 bits per heavy atom. The molecule has 0 aliphatic carbocycles.